The third-order valence-corrected chi connectivity index (χ3v) is 4.51. The molecule has 1 heterocycles. The Labute approximate surface area is 90.9 Å². The Morgan fingerprint density at radius 3 is 2.93 bits per heavy atom. The number of aliphatic imine (C=N–C) groups is 1. The van der Waals surface area contributed by atoms with Crippen LogP contribution in [0.5, 0.6) is 0 Å². The van der Waals surface area contributed by atoms with Crippen LogP contribution in [0.2, 0.25) is 0 Å². The Bertz CT molecular complexity index is 227. The van der Waals surface area contributed by atoms with Gasteiger partial charge in [-0.25, -0.2) is 0 Å². The van der Waals surface area contributed by atoms with Crippen molar-refractivity contribution in [2.75, 3.05) is 12.3 Å². The van der Waals surface area contributed by atoms with Gasteiger partial charge in [-0.1, -0.05) is 38.5 Å². The first-order chi connectivity index (χ1) is 6.77. The van der Waals surface area contributed by atoms with Crippen LogP contribution in [-0.2, 0) is 0 Å². The van der Waals surface area contributed by atoms with E-state index in [1.54, 1.807) is 0 Å². The molecule has 1 aliphatic carbocycles. The molecule has 0 saturated heterocycles. The first-order valence-electron chi connectivity index (χ1n) is 5.71. The molecule has 2 rings (SSSR count). The van der Waals surface area contributed by atoms with Gasteiger partial charge in [-0.15, -0.1) is 0 Å². The van der Waals surface area contributed by atoms with Crippen molar-refractivity contribution in [2.24, 2.45) is 16.8 Å². The van der Waals surface area contributed by atoms with Gasteiger partial charge >= 0.3 is 0 Å². The van der Waals surface area contributed by atoms with Gasteiger partial charge in [-0.2, -0.15) is 0 Å². The first-order valence-corrected chi connectivity index (χ1v) is 6.69. The maximum Gasteiger partial charge on any atom is 0.156 e. The molecule has 3 heteroatoms. The minimum Gasteiger partial charge on any atom is -0.362 e. The normalized spacial score (nSPS) is 38.1. The third-order valence-electron chi connectivity index (χ3n) is 3.60. The minimum atomic E-state index is 0.670. The molecule has 1 N–H and O–H groups in total. The number of nitrogens with one attached hydrogen (secondary N) is 1. The molecule has 3 unspecified atom stereocenters. The average molecular weight is 212 g/mol. The van der Waals surface area contributed by atoms with Crippen molar-refractivity contribution >= 4 is 16.9 Å². The smallest absolute Gasteiger partial charge is 0.156 e. The van der Waals surface area contributed by atoms with E-state index in [0.717, 1.165) is 18.4 Å². The largest absolute Gasteiger partial charge is 0.362 e. The maximum atomic E-state index is 4.46. The molecule has 0 aromatic carbocycles. The Morgan fingerprint density at radius 1 is 1.36 bits per heavy atom. The topological polar surface area (TPSA) is 24.4 Å². The summed E-state index contributed by atoms with van der Waals surface area (Å²) in [4.78, 5) is 4.46. The quantitative estimate of drug-likeness (QED) is 0.722. The lowest BCUT2D eigenvalue weighted by atomic mass is 9.78. The van der Waals surface area contributed by atoms with Gasteiger partial charge in [0.2, 0.25) is 0 Å². The average Bonchev–Trinajstić information content (AvgIpc) is 2.66. The van der Waals surface area contributed by atoms with E-state index in [2.05, 4.69) is 24.2 Å². The predicted molar refractivity (Wildman–Crippen MR) is 63.9 cm³/mol. The van der Waals surface area contributed by atoms with Crippen LogP contribution in [-0.4, -0.2) is 23.5 Å². The number of thioether (sulfide) groups is 1. The van der Waals surface area contributed by atoms with Crippen molar-refractivity contribution < 1.29 is 0 Å². The molecule has 80 valence electrons. The van der Waals surface area contributed by atoms with Gasteiger partial charge in [0, 0.05) is 11.8 Å². The lowest BCUT2D eigenvalue weighted by molar-refractivity contribution is 0.225. The third kappa shape index (κ3) is 2.25. The van der Waals surface area contributed by atoms with E-state index in [9.17, 15) is 0 Å². The Hall–Kier alpha value is -0.180. The summed E-state index contributed by atoms with van der Waals surface area (Å²) in [6.45, 7) is 5.76. The van der Waals surface area contributed by atoms with Gasteiger partial charge in [0.1, 0.15) is 0 Å². The zero-order valence-electron chi connectivity index (χ0n) is 9.12. The molecule has 0 spiro atoms. The molecule has 0 amide bonds. The van der Waals surface area contributed by atoms with Crippen LogP contribution in [0, 0.1) is 11.8 Å². The Balaban J connectivity index is 1.89. The van der Waals surface area contributed by atoms with E-state index in [-0.39, 0.29) is 0 Å². The lowest BCUT2D eigenvalue weighted by Crippen LogP contribution is -2.42. The van der Waals surface area contributed by atoms with Crippen LogP contribution in [0.3, 0.4) is 0 Å². The molecule has 2 nitrogen and oxygen atoms in total. The van der Waals surface area contributed by atoms with E-state index in [1.807, 2.05) is 11.8 Å². The molecule has 0 bridgehead atoms. The second-order valence-electron chi connectivity index (χ2n) is 4.55. The number of hydrogen-bond donors (Lipinski definition) is 1. The van der Waals surface area contributed by atoms with Gasteiger partial charge in [0.05, 0.1) is 6.54 Å². The summed E-state index contributed by atoms with van der Waals surface area (Å²) in [5.41, 5.74) is 0. The summed E-state index contributed by atoms with van der Waals surface area (Å²) >= 11 is 1.88. The van der Waals surface area contributed by atoms with Gasteiger partial charge in [0.15, 0.2) is 5.17 Å². The summed E-state index contributed by atoms with van der Waals surface area (Å²) in [7, 11) is 0. The molecule has 0 aromatic heterocycles. The fourth-order valence-corrected chi connectivity index (χ4v) is 3.16. The number of nitrogens with zero attached hydrogens (tertiary/aromatic N) is 1. The molecule has 0 radical (unpaired) electrons. The Kier molecular flexibility index (Phi) is 3.37. The van der Waals surface area contributed by atoms with E-state index in [0.29, 0.717) is 6.04 Å². The molecule has 1 fully saturated rings. The zero-order chi connectivity index (χ0) is 9.97. The van der Waals surface area contributed by atoms with Gasteiger partial charge in [0.25, 0.3) is 0 Å². The highest BCUT2D eigenvalue weighted by atomic mass is 32.2. The number of rotatable bonds is 1. The van der Waals surface area contributed by atoms with E-state index in [1.165, 1.54) is 30.2 Å². The van der Waals surface area contributed by atoms with Crippen LogP contribution in [0.15, 0.2) is 4.99 Å². The monoisotopic (exact) mass is 212 g/mol. The predicted octanol–water partition coefficient (Wildman–Crippen LogP) is 2.50. The molecule has 2 aliphatic rings. The summed E-state index contributed by atoms with van der Waals surface area (Å²) in [5.74, 6) is 2.83. The van der Waals surface area contributed by atoms with Crippen LogP contribution in [0.25, 0.3) is 0 Å². The fraction of sp³-hybridized carbons (Fsp3) is 0.909. The van der Waals surface area contributed by atoms with E-state index < -0.39 is 0 Å². The first kappa shape index (κ1) is 10.3. The minimum absolute atomic E-state index is 0.670. The molecule has 3 atom stereocenters. The maximum absolute atomic E-state index is 4.46. The molecule has 1 aliphatic heterocycles. The van der Waals surface area contributed by atoms with Crippen molar-refractivity contribution in [3.8, 4) is 0 Å². The molecule has 1 saturated carbocycles. The number of hydrogen-bond acceptors (Lipinski definition) is 3. The highest BCUT2D eigenvalue weighted by Crippen LogP contribution is 2.30. The van der Waals surface area contributed by atoms with Crippen LogP contribution >= 0.6 is 11.8 Å². The summed E-state index contributed by atoms with van der Waals surface area (Å²) in [6.07, 6.45) is 4.10. The van der Waals surface area contributed by atoms with Crippen molar-refractivity contribution in [1.29, 1.82) is 0 Å². The van der Waals surface area contributed by atoms with Gasteiger partial charge in [-0.3, -0.25) is 4.99 Å². The highest BCUT2D eigenvalue weighted by molar-refractivity contribution is 8.14. The fourth-order valence-electron chi connectivity index (χ4n) is 2.37. The second kappa shape index (κ2) is 4.56. The molecular weight excluding hydrogens is 192 g/mol. The van der Waals surface area contributed by atoms with E-state index in [4.69, 9.17) is 0 Å². The standard InChI is InChI=1S/C11H20N2S/c1-8-4-3-5-10(9(8)2)13-11-12-6-7-14-11/h8-10H,3-7H2,1-2H3,(H,12,13). The van der Waals surface area contributed by atoms with Crippen LogP contribution < -0.4 is 5.32 Å². The number of amidine groups is 1. The van der Waals surface area contributed by atoms with Crippen molar-refractivity contribution in [3.63, 3.8) is 0 Å². The lowest BCUT2D eigenvalue weighted by Gasteiger charge is -2.34. The van der Waals surface area contributed by atoms with Crippen LogP contribution in [0.1, 0.15) is 33.1 Å². The Morgan fingerprint density at radius 2 is 2.21 bits per heavy atom. The zero-order valence-corrected chi connectivity index (χ0v) is 9.94. The van der Waals surface area contributed by atoms with Crippen LogP contribution in [0.4, 0.5) is 0 Å². The van der Waals surface area contributed by atoms with Gasteiger partial charge < -0.3 is 5.32 Å². The molecule has 14 heavy (non-hydrogen) atoms. The summed E-state index contributed by atoms with van der Waals surface area (Å²) in [5, 5.41) is 4.80. The van der Waals surface area contributed by atoms with Crippen molar-refractivity contribution in [2.45, 2.75) is 39.2 Å². The summed E-state index contributed by atoms with van der Waals surface area (Å²) < 4.78 is 0. The molecular formula is C11H20N2S. The summed E-state index contributed by atoms with van der Waals surface area (Å²) in [6, 6.07) is 0.670. The molecule has 0 aromatic rings. The van der Waals surface area contributed by atoms with Crippen molar-refractivity contribution in [1.82, 2.24) is 5.32 Å². The van der Waals surface area contributed by atoms with E-state index >= 15 is 0 Å². The van der Waals surface area contributed by atoms with Crippen molar-refractivity contribution in [3.05, 3.63) is 0 Å². The highest BCUT2D eigenvalue weighted by Gasteiger charge is 2.27. The second-order valence-corrected chi connectivity index (χ2v) is 5.64. The van der Waals surface area contributed by atoms with Gasteiger partial charge in [-0.05, 0) is 18.3 Å². The SMILES string of the molecule is CC1CCCC(NC2=NCCS2)C1C.